The standard InChI is InChI=1S/C12H11BrF2N4O.C2HF3O2/c13-8-2-1-3-9(5-8)19-10(17-18-12(19)20)4-7(6-16)11(14)15;3-2(4,5)1(6)7/h1-3,5H,4,6,16H2,(H,18,20);(H,6,7). The summed E-state index contributed by atoms with van der Waals surface area (Å²) >= 11 is 3.29. The maximum atomic E-state index is 12.7. The van der Waals surface area contributed by atoms with Crippen LogP contribution in [0.15, 0.2) is 45.2 Å². The third-order valence-electron chi connectivity index (χ3n) is 2.94. The van der Waals surface area contributed by atoms with Gasteiger partial charge >= 0.3 is 17.8 Å². The van der Waals surface area contributed by atoms with Crippen molar-refractivity contribution in [1.29, 1.82) is 0 Å². The lowest BCUT2D eigenvalue weighted by atomic mass is 10.2. The van der Waals surface area contributed by atoms with Gasteiger partial charge in [-0.3, -0.25) is 0 Å². The number of H-pyrrole nitrogens is 1. The van der Waals surface area contributed by atoms with E-state index in [2.05, 4.69) is 26.1 Å². The fourth-order valence-electron chi connectivity index (χ4n) is 1.74. The van der Waals surface area contributed by atoms with Crippen LogP contribution >= 0.6 is 15.9 Å². The van der Waals surface area contributed by atoms with Gasteiger partial charge in [-0.15, -0.1) is 0 Å². The number of rotatable bonds is 4. The number of carbonyl (C=O) groups is 1. The van der Waals surface area contributed by atoms with Gasteiger partial charge in [0.15, 0.2) is 0 Å². The van der Waals surface area contributed by atoms with Crippen LogP contribution in [-0.4, -0.2) is 38.6 Å². The molecule has 1 aromatic heterocycles. The highest BCUT2D eigenvalue weighted by atomic mass is 79.9. The molecule has 13 heteroatoms. The highest BCUT2D eigenvalue weighted by Gasteiger charge is 2.38. The Morgan fingerprint density at radius 1 is 1.33 bits per heavy atom. The van der Waals surface area contributed by atoms with E-state index in [9.17, 15) is 26.7 Å². The summed E-state index contributed by atoms with van der Waals surface area (Å²) in [6.07, 6.45) is -7.12. The zero-order valence-electron chi connectivity index (χ0n) is 13.2. The van der Waals surface area contributed by atoms with E-state index in [0.29, 0.717) is 5.69 Å². The summed E-state index contributed by atoms with van der Waals surface area (Å²) in [5.41, 5.74) is 5.06. The van der Waals surface area contributed by atoms with Crippen molar-refractivity contribution in [2.75, 3.05) is 6.54 Å². The lowest BCUT2D eigenvalue weighted by molar-refractivity contribution is -0.192. The molecule has 0 saturated heterocycles. The summed E-state index contributed by atoms with van der Waals surface area (Å²) < 4.78 is 59.1. The van der Waals surface area contributed by atoms with Crippen LogP contribution in [0.3, 0.4) is 0 Å². The minimum Gasteiger partial charge on any atom is -0.475 e. The topological polar surface area (TPSA) is 114 Å². The van der Waals surface area contributed by atoms with E-state index in [1.54, 1.807) is 24.3 Å². The molecule has 1 aromatic carbocycles. The molecular formula is C14H12BrF5N4O3. The summed E-state index contributed by atoms with van der Waals surface area (Å²) in [5, 5.41) is 13.2. The second kappa shape index (κ2) is 9.41. The zero-order valence-corrected chi connectivity index (χ0v) is 14.8. The molecule has 1 heterocycles. The maximum absolute atomic E-state index is 12.7. The van der Waals surface area contributed by atoms with E-state index < -0.39 is 23.9 Å². The van der Waals surface area contributed by atoms with Crippen molar-refractivity contribution in [2.45, 2.75) is 12.6 Å². The minimum absolute atomic E-state index is 0.182. The van der Waals surface area contributed by atoms with Crippen molar-refractivity contribution in [3.05, 3.63) is 56.7 Å². The zero-order chi connectivity index (χ0) is 20.8. The first-order valence-corrected chi connectivity index (χ1v) is 7.72. The molecule has 0 radical (unpaired) electrons. The Morgan fingerprint density at radius 3 is 2.37 bits per heavy atom. The monoisotopic (exact) mass is 458 g/mol. The Labute approximate surface area is 156 Å². The lowest BCUT2D eigenvalue weighted by Crippen LogP contribution is -2.21. The third-order valence-corrected chi connectivity index (χ3v) is 3.43. The van der Waals surface area contributed by atoms with Gasteiger partial charge in [-0.1, -0.05) is 22.0 Å². The molecular weight excluding hydrogens is 447 g/mol. The van der Waals surface area contributed by atoms with E-state index in [-0.39, 0.29) is 24.4 Å². The van der Waals surface area contributed by atoms with Crippen LogP contribution in [0.2, 0.25) is 0 Å². The van der Waals surface area contributed by atoms with Crippen LogP contribution in [0.5, 0.6) is 0 Å². The number of hydrogen-bond donors (Lipinski definition) is 3. The first kappa shape index (κ1) is 22.5. The van der Waals surface area contributed by atoms with Gasteiger partial charge in [0, 0.05) is 23.0 Å². The fourth-order valence-corrected chi connectivity index (χ4v) is 2.12. The van der Waals surface area contributed by atoms with Gasteiger partial charge in [-0.25, -0.2) is 19.3 Å². The highest BCUT2D eigenvalue weighted by Crippen LogP contribution is 2.17. The average molecular weight is 459 g/mol. The molecule has 0 aliphatic heterocycles. The van der Waals surface area contributed by atoms with Crippen LogP contribution in [0.25, 0.3) is 5.69 Å². The summed E-state index contributed by atoms with van der Waals surface area (Å²) in [6, 6.07) is 6.90. The lowest BCUT2D eigenvalue weighted by Gasteiger charge is -2.07. The number of halogens is 6. The second-order valence-corrected chi connectivity index (χ2v) is 5.72. The van der Waals surface area contributed by atoms with E-state index in [1.165, 1.54) is 4.57 Å². The molecule has 27 heavy (non-hydrogen) atoms. The summed E-state index contributed by atoms with van der Waals surface area (Å²) in [4.78, 5) is 20.7. The van der Waals surface area contributed by atoms with E-state index in [1.807, 2.05) is 0 Å². The van der Waals surface area contributed by atoms with E-state index >= 15 is 0 Å². The third kappa shape index (κ3) is 6.60. The van der Waals surface area contributed by atoms with Crippen molar-refractivity contribution in [1.82, 2.24) is 14.8 Å². The van der Waals surface area contributed by atoms with Gasteiger partial charge in [0.1, 0.15) is 5.82 Å². The minimum atomic E-state index is -5.08. The molecule has 2 rings (SSSR count). The molecule has 0 amide bonds. The van der Waals surface area contributed by atoms with Crippen LogP contribution in [0.1, 0.15) is 5.82 Å². The van der Waals surface area contributed by atoms with Gasteiger partial charge in [-0.2, -0.15) is 27.1 Å². The molecule has 0 spiro atoms. The van der Waals surface area contributed by atoms with E-state index in [4.69, 9.17) is 15.6 Å². The number of aromatic amines is 1. The Morgan fingerprint density at radius 2 is 1.93 bits per heavy atom. The first-order chi connectivity index (χ1) is 12.5. The van der Waals surface area contributed by atoms with Crippen molar-refractivity contribution in [3.63, 3.8) is 0 Å². The number of aliphatic carboxylic acids is 1. The molecule has 0 saturated carbocycles. The normalized spacial score (nSPS) is 10.8. The van der Waals surface area contributed by atoms with Gasteiger partial charge < -0.3 is 10.8 Å². The Hall–Kier alpha value is -2.54. The molecule has 7 nitrogen and oxygen atoms in total. The molecule has 148 valence electrons. The van der Waals surface area contributed by atoms with Crippen molar-refractivity contribution >= 4 is 21.9 Å². The van der Waals surface area contributed by atoms with Gasteiger partial charge in [0.05, 0.1) is 5.69 Å². The van der Waals surface area contributed by atoms with Crippen LogP contribution in [0.4, 0.5) is 22.0 Å². The molecule has 0 aliphatic rings. The fraction of sp³-hybridized carbons (Fsp3) is 0.214. The second-order valence-electron chi connectivity index (χ2n) is 4.81. The van der Waals surface area contributed by atoms with Crippen LogP contribution < -0.4 is 11.4 Å². The molecule has 4 N–H and O–H groups in total. The molecule has 2 aromatic rings. The quantitative estimate of drug-likeness (QED) is 0.609. The van der Waals surface area contributed by atoms with Crippen LogP contribution in [-0.2, 0) is 11.2 Å². The summed E-state index contributed by atoms with van der Waals surface area (Å²) in [7, 11) is 0. The Bertz CT molecular complexity index is 887. The molecule has 0 unspecified atom stereocenters. The van der Waals surface area contributed by atoms with Gasteiger partial charge in [0.2, 0.25) is 0 Å². The van der Waals surface area contributed by atoms with Crippen molar-refractivity contribution in [3.8, 4) is 5.69 Å². The van der Waals surface area contributed by atoms with Crippen molar-refractivity contribution in [2.24, 2.45) is 5.73 Å². The number of benzene rings is 1. The molecule has 0 bridgehead atoms. The predicted octanol–water partition coefficient (Wildman–Crippen LogP) is 2.61. The molecule has 0 aliphatic carbocycles. The number of nitrogens with two attached hydrogens (primary N) is 1. The van der Waals surface area contributed by atoms with Gasteiger partial charge in [0.25, 0.3) is 6.08 Å². The smallest absolute Gasteiger partial charge is 0.475 e. The number of nitrogens with one attached hydrogen (secondary N) is 1. The number of hydrogen-bond acceptors (Lipinski definition) is 4. The predicted molar refractivity (Wildman–Crippen MR) is 87.6 cm³/mol. The maximum Gasteiger partial charge on any atom is 0.490 e. The SMILES string of the molecule is NCC(Cc1n[nH]c(=O)n1-c1cccc(Br)c1)=C(F)F.O=C(O)C(F)(F)F. The average Bonchev–Trinajstić information content (AvgIpc) is 2.92. The number of nitrogens with zero attached hydrogens (tertiary/aromatic N) is 2. The number of alkyl halides is 3. The van der Waals surface area contributed by atoms with Crippen molar-refractivity contribution < 1.29 is 31.9 Å². The largest absolute Gasteiger partial charge is 0.490 e. The number of carboxylic acid groups (broad SMARTS) is 1. The number of aromatic nitrogens is 3. The summed E-state index contributed by atoms with van der Waals surface area (Å²) in [5.74, 6) is -2.58. The molecule has 0 fully saturated rings. The highest BCUT2D eigenvalue weighted by molar-refractivity contribution is 9.10. The van der Waals surface area contributed by atoms with E-state index in [0.717, 1.165) is 4.47 Å². The summed E-state index contributed by atoms with van der Waals surface area (Å²) in [6.45, 7) is -0.290. The first-order valence-electron chi connectivity index (χ1n) is 6.92. The Kier molecular flexibility index (Phi) is 7.84. The molecule has 0 atom stereocenters. The Balaban J connectivity index is 0.000000445. The van der Waals surface area contributed by atoms with Crippen LogP contribution in [0, 0.1) is 0 Å². The number of carboxylic acids is 1. The van der Waals surface area contributed by atoms with Gasteiger partial charge in [-0.05, 0) is 18.2 Å².